The maximum absolute atomic E-state index is 11.9. The Morgan fingerprint density at radius 1 is 0.718 bits per heavy atom. The SMILES string of the molecule is O=C(O)c1ccc(-c2ccc(Cl)cc2OCc2ccccc2)nc1COc1ccc(Oc2ccccc2)cc1. The molecule has 0 saturated heterocycles. The van der Waals surface area contributed by atoms with Crippen LogP contribution >= 0.6 is 11.6 Å². The number of carboxylic acids is 1. The van der Waals surface area contributed by atoms with Crippen molar-refractivity contribution in [2.45, 2.75) is 13.2 Å². The molecule has 194 valence electrons. The minimum absolute atomic E-state index is 0.0395. The highest BCUT2D eigenvalue weighted by Crippen LogP contribution is 2.33. The van der Waals surface area contributed by atoms with Gasteiger partial charge >= 0.3 is 5.97 Å². The van der Waals surface area contributed by atoms with Gasteiger partial charge in [0.15, 0.2) is 0 Å². The summed E-state index contributed by atoms with van der Waals surface area (Å²) in [5.74, 6) is 1.40. The van der Waals surface area contributed by atoms with Crippen LogP contribution in [-0.2, 0) is 13.2 Å². The van der Waals surface area contributed by atoms with Gasteiger partial charge in [-0.1, -0.05) is 60.1 Å². The lowest BCUT2D eigenvalue weighted by Gasteiger charge is -2.14. The zero-order valence-corrected chi connectivity index (χ0v) is 21.5. The molecule has 0 aliphatic rings. The molecular weight excluding hydrogens is 514 g/mol. The van der Waals surface area contributed by atoms with E-state index in [-0.39, 0.29) is 17.9 Å². The third-order valence-corrected chi connectivity index (χ3v) is 6.07. The average Bonchev–Trinajstić information content (AvgIpc) is 2.96. The first kappa shape index (κ1) is 25.8. The molecule has 1 aromatic heterocycles. The number of para-hydroxylation sites is 1. The lowest BCUT2D eigenvalue weighted by molar-refractivity contribution is 0.0693. The first-order valence-electron chi connectivity index (χ1n) is 12.2. The summed E-state index contributed by atoms with van der Waals surface area (Å²) in [5, 5.41) is 10.3. The summed E-state index contributed by atoms with van der Waals surface area (Å²) in [6.45, 7) is 0.309. The second-order valence-electron chi connectivity index (χ2n) is 8.59. The third-order valence-electron chi connectivity index (χ3n) is 5.84. The van der Waals surface area contributed by atoms with Crippen LogP contribution in [0.2, 0.25) is 5.02 Å². The number of carbonyl (C=O) groups is 1. The Hall–Kier alpha value is -4.81. The molecule has 0 aliphatic heterocycles. The van der Waals surface area contributed by atoms with E-state index in [0.29, 0.717) is 40.1 Å². The highest BCUT2D eigenvalue weighted by Gasteiger charge is 2.17. The molecule has 0 aliphatic carbocycles. The van der Waals surface area contributed by atoms with Crippen LogP contribution in [0.4, 0.5) is 0 Å². The molecule has 0 unspecified atom stereocenters. The van der Waals surface area contributed by atoms with Crippen molar-refractivity contribution in [1.82, 2.24) is 4.98 Å². The van der Waals surface area contributed by atoms with Crippen LogP contribution in [0, 0.1) is 0 Å². The summed E-state index contributed by atoms with van der Waals surface area (Å²) < 4.78 is 17.8. The normalized spacial score (nSPS) is 10.6. The van der Waals surface area contributed by atoms with Gasteiger partial charge in [0.2, 0.25) is 0 Å². The molecule has 0 fully saturated rings. The molecular formula is C32H24ClNO5. The van der Waals surface area contributed by atoms with Crippen LogP contribution in [-0.4, -0.2) is 16.1 Å². The minimum Gasteiger partial charge on any atom is -0.488 e. The molecule has 1 N–H and O–H groups in total. The molecule has 0 radical (unpaired) electrons. The number of halogens is 1. The Bertz CT molecular complexity index is 1560. The molecule has 1 heterocycles. The first-order chi connectivity index (χ1) is 19.0. The van der Waals surface area contributed by atoms with E-state index in [4.69, 9.17) is 25.8 Å². The second-order valence-corrected chi connectivity index (χ2v) is 9.02. The van der Waals surface area contributed by atoms with Crippen LogP contribution in [0.5, 0.6) is 23.0 Å². The molecule has 4 aromatic carbocycles. The minimum atomic E-state index is -1.09. The number of hydrogen-bond acceptors (Lipinski definition) is 5. The summed E-state index contributed by atoms with van der Waals surface area (Å²) in [7, 11) is 0. The fourth-order valence-electron chi connectivity index (χ4n) is 3.90. The molecule has 7 heteroatoms. The van der Waals surface area contributed by atoms with E-state index < -0.39 is 5.97 Å². The lowest BCUT2D eigenvalue weighted by atomic mass is 10.1. The molecule has 0 atom stereocenters. The number of ether oxygens (including phenoxy) is 3. The van der Waals surface area contributed by atoms with E-state index in [1.165, 1.54) is 6.07 Å². The predicted molar refractivity (Wildman–Crippen MR) is 150 cm³/mol. The van der Waals surface area contributed by atoms with Gasteiger partial charge in [-0.25, -0.2) is 9.78 Å². The van der Waals surface area contributed by atoms with Gasteiger partial charge < -0.3 is 19.3 Å². The lowest BCUT2D eigenvalue weighted by Crippen LogP contribution is -2.09. The smallest absolute Gasteiger partial charge is 0.337 e. The number of rotatable bonds is 10. The molecule has 6 nitrogen and oxygen atoms in total. The van der Waals surface area contributed by atoms with E-state index in [0.717, 1.165) is 11.3 Å². The number of aromatic nitrogens is 1. The van der Waals surface area contributed by atoms with Crippen molar-refractivity contribution in [1.29, 1.82) is 0 Å². The molecule has 0 bridgehead atoms. The molecule has 5 rings (SSSR count). The Morgan fingerprint density at radius 3 is 2.10 bits per heavy atom. The van der Waals surface area contributed by atoms with E-state index in [1.807, 2.05) is 66.7 Å². The number of benzene rings is 4. The van der Waals surface area contributed by atoms with Crippen molar-refractivity contribution in [3.63, 3.8) is 0 Å². The van der Waals surface area contributed by atoms with Gasteiger partial charge in [0.05, 0.1) is 17.0 Å². The van der Waals surface area contributed by atoms with Crippen LogP contribution in [0.15, 0.2) is 115 Å². The van der Waals surface area contributed by atoms with E-state index in [2.05, 4.69) is 4.98 Å². The van der Waals surface area contributed by atoms with Gasteiger partial charge in [0.1, 0.15) is 36.2 Å². The van der Waals surface area contributed by atoms with Crippen molar-refractivity contribution >= 4 is 17.6 Å². The van der Waals surface area contributed by atoms with Crippen LogP contribution in [0.25, 0.3) is 11.3 Å². The predicted octanol–water partition coefficient (Wildman–Crippen LogP) is 8.05. The Morgan fingerprint density at radius 2 is 1.38 bits per heavy atom. The van der Waals surface area contributed by atoms with Crippen molar-refractivity contribution in [3.05, 3.63) is 137 Å². The monoisotopic (exact) mass is 537 g/mol. The standard InChI is InChI=1S/C32H24ClNO5/c33-23-11-16-27(31(19-23)38-20-22-7-3-1-4-8-22)29-18-17-28(32(35)36)30(34-29)21-37-24-12-14-26(15-13-24)39-25-9-5-2-6-10-25/h1-19H,20-21H2,(H,35,36). The summed E-state index contributed by atoms with van der Waals surface area (Å²) in [6, 6.07) is 34.8. The summed E-state index contributed by atoms with van der Waals surface area (Å²) in [6.07, 6.45) is 0. The maximum Gasteiger partial charge on any atom is 0.337 e. The number of hydrogen-bond donors (Lipinski definition) is 1. The number of aromatic carboxylic acids is 1. The van der Waals surface area contributed by atoms with Gasteiger partial charge in [-0.05, 0) is 72.3 Å². The highest BCUT2D eigenvalue weighted by molar-refractivity contribution is 6.30. The first-order valence-corrected chi connectivity index (χ1v) is 12.6. The van der Waals surface area contributed by atoms with Crippen molar-refractivity contribution < 1.29 is 24.1 Å². The summed E-state index contributed by atoms with van der Waals surface area (Å²) >= 11 is 6.25. The largest absolute Gasteiger partial charge is 0.488 e. The number of pyridine rings is 1. The fourth-order valence-corrected chi connectivity index (χ4v) is 4.06. The van der Waals surface area contributed by atoms with Gasteiger partial charge in [-0.3, -0.25) is 0 Å². The average molecular weight is 538 g/mol. The molecule has 0 saturated carbocycles. The zero-order valence-electron chi connectivity index (χ0n) is 20.8. The van der Waals surface area contributed by atoms with Crippen molar-refractivity contribution in [2.24, 2.45) is 0 Å². The highest BCUT2D eigenvalue weighted by atomic mass is 35.5. The molecule has 39 heavy (non-hydrogen) atoms. The van der Waals surface area contributed by atoms with E-state index >= 15 is 0 Å². The van der Waals surface area contributed by atoms with Crippen LogP contribution in [0.3, 0.4) is 0 Å². The van der Waals surface area contributed by atoms with Gasteiger partial charge in [0.25, 0.3) is 0 Å². The fraction of sp³-hybridized carbons (Fsp3) is 0.0625. The Kier molecular flexibility index (Phi) is 8.05. The summed E-state index contributed by atoms with van der Waals surface area (Å²) in [4.78, 5) is 16.6. The third kappa shape index (κ3) is 6.74. The molecule has 5 aromatic rings. The van der Waals surface area contributed by atoms with Crippen LogP contribution in [0.1, 0.15) is 21.6 Å². The van der Waals surface area contributed by atoms with Gasteiger partial charge in [-0.2, -0.15) is 0 Å². The van der Waals surface area contributed by atoms with E-state index in [1.54, 1.807) is 42.5 Å². The van der Waals surface area contributed by atoms with Crippen molar-refractivity contribution in [2.75, 3.05) is 0 Å². The maximum atomic E-state index is 11.9. The van der Waals surface area contributed by atoms with E-state index in [9.17, 15) is 9.90 Å². The zero-order chi connectivity index (χ0) is 27.0. The van der Waals surface area contributed by atoms with Crippen molar-refractivity contribution in [3.8, 4) is 34.3 Å². The quantitative estimate of drug-likeness (QED) is 0.194. The summed E-state index contributed by atoms with van der Waals surface area (Å²) in [5.41, 5.74) is 2.59. The van der Waals surface area contributed by atoms with Gasteiger partial charge in [-0.15, -0.1) is 0 Å². The Labute approximate surface area is 231 Å². The Balaban J connectivity index is 1.35. The number of carboxylic acid groups (broad SMARTS) is 1. The molecule has 0 amide bonds. The van der Waals surface area contributed by atoms with Crippen LogP contribution < -0.4 is 14.2 Å². The number of nitrogens with zero attached hydrogens (tertiary/aromatic N) is 1. The second kappa shape index (κ2) is 12.2. The topological polar surface area (TPSA) is 77.9 Å². The molecule has 0 spiro atoms. The van der Waals surface area contributed by atoms with Gasteiger partial charge in [0, 0.05) is 10.6 Å².